The van der Waals surface area contributed by atoms with E-state index in [1.54, 1.807) is 33.8 Å². The lowest BCUT2D eigenvalue weighted by Gasteiger charge is -2.39. The molecule has 0 aliphatic carbocycles. The van der Waals surface area contributed by atoms with Gasteiger partial charge in [0, 0.05) is 31.9 Å². The van der Waals surface area contributed by atoms with Gasteiger partial charge in [0.05, 0.1) is 22.0 Å². The molecule has 0 fully saturated rings. The molecule has 30 heavy (non-hydrogen) atoms. The molecule has 1 aliphatic rings. The minimum atomic E-state index is -0.903. The number of esters is 2. The maximum atomic E-state index is 12.9. The number of benzene rings is 1. The van der Waals surface area contributed by atoms with E-state index in [1.165, 1.54) is 42.1 Å². The van der Waals surface area contributed by atoms with Gasteiger partial charge in [-0.05, 0) is 33.3 Å². The van der Waals surface area contributed by atoms with Crippen molar-refractivity contribution in [2.75, 3.05) is 20.9 Å². The summed E-state index contributed by atoms with van der Waals surface area (Å²) in [5, 5.41) is 11.2. The number of nitrogens with zero attached hydrogens (tertiary/aromatic N) is 3. The van der Waals surface area contributed by atoms with Gasteiger partial charge in [0.2, 0.25) is 6.79 Å². The zero-order chi connectivity index (χ0) is 22.8. The van der Waals surface area contributed by atoms with Crippen LogP contribution in [-0.4, -0.2) is 53.6 Å². The highest BCUT2D eigenvalue weighted by Crippen LogP contribution is 2.37. The third-order valence-electron chi connectivity index (χ3n) is 4.75. The Balaban J connectivity index is 2.38. The van der Waals surface area contributed by atoms with E-state index < -0.39 is 35.1 Å². The van der Waals surface area contributed by atoms with Crippen molar-refractivity contribution in [3.63, 3.8) is 0 Å². The van der Waals surface area contributed by atoms with Crippen LogP contribution in [0.15, 0.2) is 35.5 Å². The zero-order valence-electron chi connectivity index (χ0n) is 17.8. The highest BCUT2D eigenvalue weighted by atomic mass is 16.7. The molecule has 0 spiro atoms. The highest BCUT2D eigenvalue weighted by Gasteiger charge is 2.39. The highest BCUT2D eigenvalue weighted by molar-refractivity contribution is 5.95. The lowest BCUT2D eigenvalue weighted by atomic mass is 9.93. The molecule has 2 rings (SSSR count). The summed E-state index contributed by atoms with van der Waals surface area (Å²) in [7, 11) is 2.99. The van der Waals surface area contributed by atoms with Gasteiger partial charge in [-0.3, -0.25) is 14.9 Å². The average Bonchev–Trinajstić information content (AvgIpc) is 2.67. The second kappa shape index (κ2) is 8.52. The van der Waals surface area contributed by atoms with Gasteiger partial charge in [0.1, 0.15) is 0 Å². The number of hydrogen-bond acceptors (Lipinski definition) is 7. The number of urea groups is 1. The van der Waals surface area contributed by atoms with E-state index >= 15 is 0 Å². The topological polar surface area (TPSA) is 119 Å². The van der Waals surface area contributed by atoms with Gasteiger partial charge in [-0.1, -0.05) is 12.1 Å². The van der Waals surface area contributed by atoms with Crippen LogP contribution in [0.1, 0.15) is 39.3 Å². The van der Waals surface area contributed by atoms with Crippen molar-refractivity contribution < 1.29 is 28.8 Å². The summed E-state index contributed by atoms with van der Waals surface area (Å²) in [6, 6.07) is 4.40. The first kappa shape index (κ1) is 22.9. The first-order chi connectivity index (χ1) is 13.9. The molecule has 10 nitrogen and oxygen atoms in total. The smallest absolute Gasteiger partial charge is 0.341 e. The predicted molar refractivity (Wildman–Crippen MR) is 106 cm³/mol. The standard InChI is InChI=1S/C20H25N3O7/c1-12-15(17(24)29-11-30-18(25)20(2,3)4)16(22(6)19(26)21(12)5)13-8-7-9-14(10-13)23(27)28/h7-10,16H,11H2,1-6H3. The van der Waals surface area contributed by atoms with Gasteiger partial charge in [-0.25, -0.2) is 9.59 Å². The number of carbonyl (C=O) groups is 3. The Hall–Kier alpha value is -3.43. The lowest BCUT2D eigenvalue weighted by molar-refractivity contribution is -0.384. The Bertz CT molecular complexity index is 917. The molecule has 162 valence electrons. The fourth-order valence-corrected chi connectivity index (χ4v) is 2.95. The number of hydrogen-bond donors (Lipinski definition) is 0. The van der Waals surface area contributed by atoms with E-state index in [2.05, 4.69) is 0 Å². The van der Waals surface area contributed by atoms with E-state index in [0.717, 1.165) is 0 Å². The normalized spacial score (nSPS) is 17.1. The lowest BCUT2D eigenvalue weighted by Crippen LogP contribution is -2.47. The molecule has 1 aromatic rings. The number of ether oxygens (including phenoxy) is 2. The number of non-ortho nitro benzene ring substituents is 1. The van der Waals surface area contributed by atoms with E-state index in [1.807, 2.05) is 0 Å². The minimum Gasteiger partial charge on any atom is -0.427 e. The van der Waals surface area contributed by atoms with Crippen molar-refractivity contribution in [3.05, 3.63) is 51.2 Å². The van der Waals surface area contributed by atoms with Crippen LogP contribution in [0.3, 0.4) is 0 Å². The van der Waals surface area contributed by atoms with Crippen LogP contribution in [-0.2, 0) is 19.1 Å². The summed E-state index contributed by atoms with van der Waals surface area (Å²) in [4.78, 5) is 50.5. The third-order valence-corrected chi connectivity index (χ3v) is 4.75. The van der Waals surface area contributed by atoms with Gasteiger partial charge in [-0.15, -0.1) is 0 Å². The Morgan fingerprint density at radius 2 is 1.83 bits per heavy atom. The molecule has 0 N–H and O–H groups in total. The summed E-state index contributed by atoms with van der Waals surface area (Å²) >= 11 is 0. The van der Waals surface area contributed by atoms with Crippen molar-refractivity contribution in [1.82, 2.24) is 9.80 Å². The van der Waals surface area contributed by atoms with Crippen molar-refractivity contribution in [1.29, 1.82) is 0 Å². The summed E-state index contributed by atoms with van der Waals surface area (Å²) in [6.07, 6.45) is 0. The maximum absolute atomic E-state index is 12.9. The Kier molecular flexibility index (Phi) is 6.49. The monoisotopic (exact) mass is 419 g/mol. The van der Waals surface area contributed by atoms with Crippen molar-refractivity contribution in [2.45, 2.75) is 33.7 Å². The van der Waals surface area contributed by atoms with Crippen LogP contribution in [0.5, 0.6) is 0 Å². The van der Waals surface area contributed by atoms with Crippen molar-refractivity contribution in [3.8, 4) is 0 Å². The van der Waals surface area contributed by atoms with E-state index in [0.29, 0.717) is 11.3 Å². The molecular weight excluding hydrogens is 394 g/mol. The number of carbonyl (C=O) groups excluding carboxylic acids is 3. The molecule has 0 bridgehead atoms. The number of amides is 2. The molecule has 1 unspecified atom stereocenters. The first-order valence-electron chi connectivity index (χ1n) is 9.16. The van der Waals surface area contributed by atoms with Gasteiger partial charge < -0.3 is 19.3 Å². The molecule has 0 aromatic heterocycles. The van der Waals surface area contributed by atoms with Crippen molar-refractivity contribution >= 4 is 23.7 Å². The Labute approximate surface area is 174 Å². The van der Waals surface area contributed by atoms with Crippen LogP contribution in [0.2, 0.25) is 0 Å². The van der Waals surface area contributed by atoms with Crippen LogP contribution >= 0.6 is 0 Å². The van der Waals surface area contributed by atoms with Crippen LogP contribution in [0.4, 0.5) is 10.5 Å². The molecule has 0 saturated carbocycles. The maximum Gasteiger partial charge on any atom is 0.341 e. The summed E-state index contributed by atoms with van der Waals surface area (Å²) in [5.74, 6) is -1.33. The quantitative estimate of drug-likeness (QED) is 0.311. The van der Waals surface area contributed by atoms with Crippen LogP contribution in [0, 0.1) is 15.5 Å². The van der Waals surface area contributed by atoms with Gasteiger partial charge in [0.25, 0.3) is 5.69 Å². The van der Waals surface area contributed by atoms with E-state index in [4.69, 9.17) is 9.47 Å². The second-order valence-corrected chi connectivity index (χ2v) is 7.94. The van der Waals surface area contributed by atoms with E-state index in [-0.39, 0.29) is 17.3 Å². The fraction of sp³-hybridized carbons (Fsp3) is 0.450. The largest absolute Gasteiger partial charge is 0.427 e. The first-order valence-corrected chi connectivity index (χ1v) is 9.16. The van der Waals surface area contributed by atoms with E-state index in [9.17, 15) is 24.5 Å². The molecule has 1 atom stereocenters. The molecule has 0 radical (unpaired) electrons. The van der Waals surface area contributed by atoms with Gasteiger partial charge >= 0.3 is 18.0 Å². The van der Waals surface area contributed by atoms with Crippen LogP contribution < -0.4 is 0 Å². The molecular formula is C20H25N3O7. The summed E-state index contributed by atoms with van der Waals surface area (Å²) in [5.41, 5.74) is -0.0957. The third kappa shape index (κ3) is 4.58. The second-order valence-electron chi connectivity index (χ2n) is 7.94. The summed E-state index contributed by atoms with van der Waals surface area (Å²) < 4.78 is 10.1. The number of likely N-dealkylation sites (N-methyl/N-ethyl adjacent to an activating group) is 1. The zero-order valence-corrected chi connectivity index (χ0v) is 17.8. The minimum absolute atomic E-state index is 0.118. The summed E-state index contributed by atoms with van der Waals surface area (Å²) in [6.45, 7) is 5.98. The fourth-order valence-electron chi connectivity index (χ4n) is 2.95. The van der Waals surface area contributed by atoms with Crippen LogP contribution in [0.25, 0.3) is 0 Å². The number of allylic oxidation sites excluding steroid dienone is 1. The SMILES string of the molecule is CC1=C(C(=O)OCOC(=O)C(C)(C)C)C(c2cccc([N+](=O)[O-])c2)N(C)C(=O)N1C. The average molecular weight is 419 g/mol. The number of nitro groups is 1. The molecule has 10 heteroatoms. The number of nitro benzene ring substituents is 1. The molecule has 1 heterocycles. The molecule has 1 aromatic carbocycles. The Morgan fingerprint density at radius 1 is 1.20 bits per heavy atom. The van der Waals surface area contributed by atoms with Gasteiger partial charge in [0.15, 0.2) is 0 Å². The molecule has 0 saturated heterocycles. The Morgan fingerprint density at radius 3 is 2.40 bits per heavy atom. The predicted octanol–water partition coefficient (Wildman–Crippen LogP) is 3.00. The number of rotatable bonds is 5. The van der Waals surface area contributed by atoms with Gasteiger partial charge in [-0.2, -0.15) is 0 Å². The molecule has 1 aliphatic heterocycles. The molecule has 2 amide bonds. The van der Waals surface area contributed by atoms with Crippen molar-refractivity contribution in [2.24, 2.45) is 5.41 Å².